The number of carbonyl (C=O) groups is 1. The Hall–Kier alpha value is -1.85. The smallest absolute Gasteiger partial charge is 0.241 e. The third kappa shape index (κ3) is 3.43. The second-order valence-corrected chi connectivity index (χ2v) is 5.58. The Bertz CT molecular complexity index is 670. The second-order valence-electron chi connectivity index (χ2n) is 5.17. The van der Waals surface area contributed by atoms with Gasteiger partial charge in [0.05, 0.1) is 17.1 Å². The van der Waals surface area contributed by atoms with E-state index in [4.69, 9.17) is 17.3 Å². The maximum absolute atomic E-state index is 11.7. The normalized spacial score (nSPS) is 12.2. The number of aromatic nitrogens is 1. The first kappa shape index (κ1) is 15.5. The number of para-hydroxylation sites is 1. The number of fused-ring (bicyclic) bond motifs is 1. The molecule has 0 aliphatic carbocycles. The van der Waals surface area contributed by atoms with Gasteiger partial charge in [-0.05, 0) is 19.1 Å². The van der Waals surface area contributed by atoms with Crippen molar-refractivity contribution in [1.82, 2.24) is 9.88 Å². The molecule has 0 saturated carbocycles. The molecular formula is C15H19ClN4O. The highest BCUT2D eigenvalue weighted by Gasteiger charge is 2.13. The zero-order valence-electron chi connectivity index (χ0n) is 12.4. The highest BCUT2D eigenvalue weighted by Crippen LogP contribution is 2.28. The molecule has 0 aliphatic heterocycles. The van der Waals surface area contributed by atoms with E-state index in [-0.39, 0.29) is 18.5 Å². The van der Waals surface area contributed by atoms with Crippen molar-refractivity contribution in [2.75, 3.05) is 26.0 Å². The van der Waals surface area contributed by atoms with Crippen molar-refractivity contribution in [1.29, 1.82) is 0 Å². The average molecular weight is 307 g/mol. The molecule has 1 unspecified atom stereocenters. The predicted molar refractivity (Wildman–Crippen MR) is 86.5 cm³/mol. The molecule has 1 atom stereocenters. The number of likely N-dealkylation sites (N-methyl/N-ethyl adjacent to an activating group) is 1. The third-order valence-electron chi connectivity index (χ3n) is 3.22. The Kier molecular flexibility index (Phi) is 4.65. The molecule has 21 heavy (non-hydrogen) atoms. The van der Waals surface area contributed by atoms with E-state index in [1.54, 1.807) is 20.2 Å². The topological polar surface area (TPSA) is 71.2 Å². The maximum Gasteiger partial charge on any atom is 0.241 e. The molecule has 5 nitrogen and oxygen atoms in total. The van der Waals surface area contributed by atoms with Crippen LogP contribution in [0, 0.1) is 0 Å². The Labute approximate surface area is 129 Å². The highest BCUT2D eigenvalue weighted by atomic mass is 35.5. The summed E-state index contributed by atoms with van der Waals surface area (Å²) in [5.41, 5.74) is 7.56. The summed E-state index contributed by atoms with van der Waals surface area (Å²) in [7, 11) is 3.42. The Morgan fingerprint density at radius 3 is 2.81 bits per heavy atom. The first-order valence-electron chi connectivity index (χ1n) is 6.69. The van der Waals surface area contributed by atoms with E-state index in [0.717, 1.165) is 10.9 Å². The van der Waals surface area contributed by atoms with Crippen molar-refractivity contribution < 1.29 is 4.79 Å². The van der Waals surface area contributed by atoms with Crippen LogP contribution in [0.1, 0.15) is 18.5 Å². The number of nitrogens with two attached hydrogens (primary N) is 1. The summed E-state index contributed by atoms with van der Waals surface area (Å²) in [6, 6.07) is 7.37. The molecule has 6 heteroatoms. The van der Waals surface area contributed by atoms with Crippen molar-refractivity contribution in [3.8, 4) is 0 Å². The minimum Gasteiger partial charge on any atom is -0.361 e. The summed E-state index contributed by atoms with van der Waals surface area (Å²) in [6.07, 6.45) is 0. The van der Waals surface area contributed by atoms with Gasteiger partial charge in [0.2, 0.25) is 5.91 Å². The quantitative estimate of drug-likeness (QED) is 0.910. The van der Waals surface area contributed by atoms with E-state index in [1.165, 1.54) is 4.90 Å². The molecule has 1 aromatic carbocycles. The van der Waals surface area contributed by atoms with Crippen LogP contribution in [0.5, 0.6) is 0 Å². The van der Waals surface area contributed by atoms with Gasteiger partial charge < -0.3 is 16.0 Å². The molecule has 1 aromatic heterocycles. The SMILES string of the molecule is CC(N)c1cc2cccc(Cl)c2nc1NCC(=O)N(C)C. The van der Waals surface area contributed by atoms with Crippen LogP contribution in [-0.4, -0.2) is 36.4 Å². The van der Waals surface area contributed by atoms with Crippen LogP contribution in [0.25, 0.3) is 10.9 Å². The largest absolute Gasteiger partial charge is 0.361 e. The molecule has 2 rings (SSSR count). The van der Waals surface area contributed by atoms with E-state index < -0.39 is 0 Å². The first-order valence-corrected chi connectivity index (χ1v) is 7.06. The zero-order valence-corrected chi connectivity index (χ0v) is 13.1. The van der Waals surface area contributed by atoms with Gasteiger partial charge in [0.25, 0.3) is 0 Å². The van der Waals surface area contributed by atoms with Crippen LogP contribution in [0.15, 0.2) is 24.3 Å². The number of pyridine rings is 1. The summed E-state index contributed by atoms with van der Waals surface area (Å²) in [5.74, 6) is 0.562. The number of benzene rings is 1. The Morgan fingerprint density at radius 2 is 2.19 bits per heavy atom. The van der Waals surface area contributed by atoms with E-state index in [9.17, 15) is 4.79 Å². The third-order valence-corrected chi connectivity index (χ3v) is 3.53. The van der Waals surface area contributed by atoms with Crippen LogP contribution < -0.4 is 11.1 Å². The van der Waals surface area contributed by atoms with Gasteiger partial charge in [-0.15, -0.1) is 0 Å². The fourth-order valence-corrected chi connectivity index (χ4v) is 2.21. The van der Waals surface area contributed by atoms with E-state index >= 15 is 0 Å². The molecule has 0 spiro atoms. The van der Waals surface area contributed by atoms with E-state index in [2.05, 4.69) is 10.3 Å². The maximum atomic E-state index is 11.7. The van der Waals surface area contributed by atoms with Gasteiger partial charge in [0.1, 0.15) is 5.82 Å². The molecule has 0 fully saturated rings. The van der Waals surface area contributed by atoms with Crippen molar-refractivity contribution >= 4 is 34.2 Å². The molecule has 1 amide bonds. The van der Waals surface area contributed by atoms with Crippen LogP contribution in [0.3, 0.4) is 0 Å². The summed E-state index contributed by atoms with van der Waals surface area (Å²) in [5, 5.41) is 4.56. The Morgan fingerprint density at radius 1 is 1.48 bits per heavy atom. The number of amides is 1. The highest BCUT2D eigenvalue weighted by molar-refractivity contribution is 6.35. The Balaban J connectivity index is 2.42. The zero-order chi connectivity index (χ0) is 15.6. The monoisotopic (exact) mass is 306 g/mol. The van der Waals surface area contributed by atoms with Gasteiger partial charge in [-0.2, -0.15) is 0 Å². The summed E-state index contributed by atoms with van der Waals surface area (Å²) < 4.78 is 0. The lowest BCUT2D eigenvalue weighted by Gasteiger charge is -2.16. The van der Waals surface area contributed by atoms with Gasteiger partial charge in [-0.3, -0.25) is 4.79 Å². The molecule has 0 bridgehead atoms. The average Bonchev–Trinajstić information content (AvgIpc) is 2.44. The summed E-state index contributed by atoms with van der Waals surface area (Å²) in [4.78, 5) is 17.8. The van der Waals surface area contributed by atoms with Gasteiger partial charge in [-0.1, -0.05) is 23.7 Å². The number of anilines is 1. The minimum atomic E-state index is -0.196. The number of halogens is 1. The molecule has 0 saturated heterocycles. The number of hydrogen-bond donors (Lipinski definition) is 2. The lowest BCUT2D eigenvalue weighted by atomic mass is 10.1. The number of hydrogen-bond acceptors (Lipinski definition) is 4. The van der Waals surface area contributed by atoms with Crippen molar-refractivity contribution in [3.05, 3.63) is 34.9 Å². The predicted octanol–water partition coefficient (Wildman–Crippen LogP) is 2.41. The molecule has 3 N–H and O–H groups in total. The van der Waals surface area contributed by atoms with Crippen LogP contribution in [0.4, 0.5) is 5.82 Å². The lowest BCUT2D eigenvalue weighted by molar-refractivity contribution is -0.126. The van der Waals surface area contributed by atoms with Crippen LogP contribution >= 0.6 is 11.6 Å². The van der Waals surface area contributed by atoms with E-state index in [0.29, 0.717) is 16.4 Å². The van der Waals surface area contributed by atoms with Crippen LogP contribution in [-0.2, 0) is 4.79 Å². The molecule has 2 aromatic rings. The van der Waals surface area contributed by atoms with E-state index in [1.807, 2.05) is 25.1 Å². The number of nitrogens with zero attached hydrogens (tertiary/aromatic N) is 2. The molecular weight excluding hydrogens is 288 g/mol. The number of rotatable bonds is 4. The fraction of sp³-hybridized carbons (Fsp3) is 0.333. The molecule has 112 valence electrons. The fourth-order valence-electron chi connectivity index (χ4n) is 1.98. The van der Waals surface area contributed by atoms with Gasteiger partial charge >= 0.3 is 0 Å². The second kappa shape index (κ2) is 6.28. The molecule has 0 radical (unpaired) electrons. The first-order chi connectivity index (χ1) is 9.90. The molecule has 1 heterocycles. The number of nitrogens with one attached hydrogen (secondary N) is 1. The summed E-state index contributed by atoms with van der Waals surface area (Å²) >= 11 is 6.18. The minimum absolute atomic E-state index is 0.0355. The summed E-state index contributed by atoms with van der Waals surface area (Å²) in [6.45, 7) is 2.04. The standard InChI is InChI=1S/C15H19ClN4O/c1-9(17)11-7-10-5-4-6-12(16)14(10)19-15(11)18-8-13(21)20(2)3/h4-7,9H,8,17H2,1-3H3,(H,18,19). The van der Waals surface area contributed by atoms with Crippen LogP contribution in [0.2, 0.25) is 5.02 Å². The lowest BCUT2D eigenvalue weighted by Crippen LogP contribution is -2.29. The van der Waals surface area contributed by atoms with Gasteiger partial charge in [0, 0.05) is 31.1 Å². The van der Waals surface area contributed by atoms with Gasteiger partial charge in [0.15, 0.2) is 0 Å². The number of carbonyl (C=O) groups excluding carboxylic acids is 1. The van der Waals surface area contributed by atoms with Crippen molar-refractivity contribution in [2.24, 2.45) is 5.73 Å². The van der Waals surface area contributed by atoms with Crippen molar-refractivity contribution in [3.63, 3.8) is 0 Å². The van der Waals surface area contributed by atoms with Gasteiger partial charge in [-0.25, -0.2) is 4.98 Å². The van der Waals surface area contributed by atoms with Crippen molar-refractivity contribution in [2.45, 2.75) is 13.0 Å². The molecule has 0 aliphatic rings.